The number of nitrogens with one attached hydrogen (secondary N) is 2. The number of carbonyl (C=O) groups is 1. The van der Waals surface area contributed by atoms with Gasteiger partial charge in [0.1, 0.15) is 0 Å². The highest BCUT2D eigenvalue weighted by Gasteiger charge is 2.15. The van der Waals surface area contributed by atoms with E-state index in [1.807, 2.05) is 19.1 Å². The standard InChI is InChI=1S/C19H18N2O3S/c1-12(8-13-10-25-18-5-3-2-4-15(13)18)20-19(22)21-14-6-7-16-17(9-14)24-11-23-16/h2-7,9-10,12H,8,11H2,1H3,(H2,20,21,22)/t12-/m0/s1. The van der Waals surface area contributed by atoms with E-state index in [1.54, 1.807) is 29.5 Å². The molecule has 1 aliphatic rings. The minimum absolute atomic E-state index is 0.0204. The Bertz CT molecular complexity index is 922. The van der Waals surface area contributed by atoms with E-state index < -0.39 is 0 Å². The summed E-state index contributed by atoms with van der Waals surface area (Å²) in [6.45, 7) is 2.22. The summed E-state index contributed by atoms with van der Waals surface area (Å²) in [7, 11) is 0. The van der Waals surface area contributed by atoms with E-state index >= 15 is 0 Å². The van der Waals surface area contributed by atoms with Crippen LogP contribution in [0.25, 0.3) is 10.1 Å². The maximum absolute atomic E-state index is 12.2. The van der Waals surface area contributed by atoms with E-state index in [1.165, 1.54) is 15.6 Å². The summed E-state index contributed by atoms with van der Waals surface area (Å²) in [5.41, 5.74) is 1.94. The first-order valence-corrected chi connectivity index (χ1v) is 8.99. The Labute approximate surface area is 149 Å². The number of thiophene rings is 1. The molecule has 6 heteroatoms. The zero-order valence-electron chi connectivity index (χ0n) is 13.7. The summed E-state index contributed by atoms with van der Waals surface area (Å²) in [6.07, 6.45) is 0.790. The molecule has 0 aliphatic carbocycles. The summed E-state index contributed by atoms with van der Waals surface area (Å²) in [6, 6.07) is 13.5. The van der Waals surface area contributed by atoms with Crippen molar-refractivity contribution in [3.05, 3.63) is 53.4 Å². The van der Waals surface area contributed by atoms with Crippen molar-refractivity contribution in [2.45, 2.75) is 19.4 Å². The normalized spacial score (nSPS) is 13.6. The van der Waals surface area contributed by atoms with Crippen LogP contribution in [-0.4, -0.2) is 18.9 Å². The van der Waals surface area contributed by atoms with Crippen molar-refractivity contribution in [2.75, 3.05) is 12.1 Å². The first-order chi connectivity index (χ1) is 12.2. The van der Waals surface area contributed by atoms with Gasteiger partial charge in [-0.05, 0) is 47.9 Å². The predicted octanol–water partition coefficient (Wildman–Crippen LogP) is 4.38. The number of ether oxygens (including phenoxy) is 2. The fourth-order valence-electron chi connectivity index (χ4n) is 2.94. The molecule has 0 fully saturated rings. The van der Waals surface area contributed by atoms with Gasteiger partial charge in [0.15, 0.2) is 11.5 Å². The van der Waals surface area contributed by atoms with Gasteiger partial charge in [-0.25, -0.2) is 4.79 Å². The molecule has 2 N–H and O–H groups in total. The summed E-state index contributed by atoms with van der Waals surface area (Å²) in [4.78, 5) is 12.2. The minimum Gasteiger partial charge on any atom is -0.454 e. The van der Waals surface area contributed by atoms with E-state index in [9.17, 15) is 4.79 Å². The fourth-order valence-corrected chi connectivity index (χ4v) is 3.91. The van der Waals surface area contributed by atoms with Crippen molar-refractivity contribution >= 4 is 33.1 Å². The molecular weight excluding hydrogens is 336 g/mol. The second kappa shape index (κ2) is 6.64. The summed E-state index contributed by atoms with van der Waals surface area (Å²) >= 11 is 1.73. The van der Waals surface area contributed by atoms with E-state index in [0.29, 0.717) is 17.2 Å². The predicted molar refractivity (Wildman–Crippen MR) is 99.7 cm³/mol. The van der Waals surface area contributed by atoms with Crippen molar-refractivity contribution < 1.29 is 14.3 Å². The van der Waals surface area contributed by atoms with Gasteiger partial charge >= 0.3 is 6.03 Å². The first-order valence-electron chi connectivity index (χ1n) is 8.11. The lowest BCUT2D eigenvalue weighted by Crippen LogP contribution is -2.37. The van der Waals surface area contributed by atoms with Crippen LogP contribution >= 0.6 is 11.3 Å². The van der Waals surface area contributed by atoms with Crippen LogP contribution in [0.4, 0.5) is 10.5 Å². The Morgan fingerprint density at radius 1 is 1.20 bits per heavy atom. The van der Waals surface area contributed by atoms with Crippen LogP contribution in [0.3, 0.4) is 0 Å². The van der Waals surface area contributed by atoms with Gasteiger partial charge in [0.25, 0.3) is 0 Å². The second-order valence-electron chi connectivity index (χ2n) is 6.03. The number of benzene rings is 2. The quantitative estimate of drug-likeness (QED) is 0.731. The summed E-state index contributed by atoms with van der Waals surface area (Å²) in [5, 5.41) is 9.24. The van der Waals surface area contributed by atoms with Crippen LogP contribution in [0.2, 0.25) is 0 Å². The number of hydrogen-bond donors (Lipinski definition) is 2. The fraction of sp³-hybridized carbons (Fsp3) is 0.211. The summed E-state index contributed by atoms with van der Waals surface area (Å²) < 4.78 is 11.9. The van der Waals surface area contributed by atoms with E-state index in [0.717, 1.165) is 6.42 Å². The number of hydrogen-bond acceptors (Lipinski definition) is 4. The molecule has 1 aromatic heterocycles. The molecule has 2 aromatic carbocycles. The van der Waals surface area contributed by atoms with Crippen LogP contribution in [0.1, 0.15) is 12.5 Å². The van der Waals surface area contributed by atoms with Crippen LogP contribution in [0, 0.1) is 0 Å². The third kappa shape index (κ3) is 3.39. The van der Waals surface area contributed by atoms with E-state index in [-0.39, 0.29) is 18.9 Å². The largest absolute Gasteiger partial charge is 0.454 e. The van der Waals surface area contributed by atoms with Gasteiger partial charge in [-0.2, -0.15) is 0 Å². The number of amides is 2. The average Bonchev–Trinajstić information content (AvgIpc) is 3.21. The average molecular weight is 354 g/mol. The third-order valence-electron chi connectivity index (χ3n) is 4.10. The molecule has 0 spiro atoms. The lowest BCUT2D eigenvalue weighted by Gasteiger charge is -2.14. The van der Waals surface area contributed by atoms with Crippen molar-refractivity contribution in [1.29, 1.82) is 0 Å². The van der Waals surface area contributed by atoms with Gasteiger partial charge in [-0.3, -0.25) is 0 Å². The van der Waals surface area contributed by atoms with E-state index in [4.69, 9.17) is 9.47 Å². The van der Waals surface area contributed by atoms with Crippen LogP contribution < -0.4 is 20.1 Å². The minimum atomic E-state index is -0.231. The highest BCUT2D eigenvalue weighted by Crippen LogP contribution is 2.34. The smallest absolute Gasteiger partial charge is 0.319 e. The van der Waals surface area contributed by atoms with Gasteiger partial charge in [0.2, 0.25) is 6.79 Å². The molecule has 5 nitrogen and oxygen atoms in total. The lowest BCUT2D eigenvalue weighted by molar-refractivity contribution is 0.174. The number of fused-ring (bicyclic) bond motifs is 2. The molecule has 2 amide bonds. The highest BCUT2D eigenvalue weighted by atomic mass is 32.1. The number of rotatable bonds is 4. The van der Waals surface area contributed by atoms with Gasteiger partial charge in [-0.1, -0.05) is 18.2 Å². The monoisotopic (exact) mass is 354 g/mol. The zero-order chi connectivity index (χ0) is 17.2. The number of carbonyl (C=O) groups excluding carboxylic acids is 1. The molecule has 3 aromatic rings. The topological polar surface area (TPSA) is 59.6 Å². The Morgan fingerprint density at radius 3 is 2.96 bits per heavy atom. The van der Waals surface area contributed by atoms with Gasteiger partial charge < -0.3 is 20.1 Å². The zero-order valence-corrected chi connectivity index (χ0v) is 14.6. The van der Waals surface area contributed by atoms with Gasteiger partial charge in [0.05, 0.1) is 0 Å². The maximum atomic E-state index is 12.2. The first kappa shape index (κ1) is 15.8. The van der Waals surface area contributed by atoms with Gasteiger partial charge in [-0.15, -0.1) is 11.3 Å². The molecule has 25 heavy (non-hydrogen) atoms. The lowest BCUT2D eigenvalue weighted by atomic mass is 10.1. The Kier molecular flexibility index (Phi) is 4.19. The highest BCUT2D eigenvalue weighted by molar-refractivity contribution is 7.17. The SMILES string of the molecule is C[C@@H](Cc1csc2ccccc12)NC(=O)Nc1ccc2c(c1)OCO2. The molecular formula is C19H18N2O3S. The van der Waals surface area contributed by atoms with Crippen LogP contribution in [-0.2, 0) is 6.42 Å². The molecule has 4 rings (SSSR count). The Morgan fingerprint density at radius 2 is 2.04 bits per heavy atom. The Hall–Kier alpha value is -2.73. The molecule has 0 bridgehead atoms. The second-order valence-corrected chi connectivity index (χ2v) is 6.94. The van der Waals surface area contributed by atoms with Crippen molar-refractivity contribution in [2.24, 2.45) is 0 Å². The summed E-state index contributed by atoms with van der Waals surface area (Å²) in [5.74, 6) is 1.35. The molecule has 0 radical (unpaired) electrons. The van der Waals surface area contributed by atoms with Gasteiger partial charge in [0, 0.05) is 22.5 Å². The van der Waals surface area contributed by atoms with Crippen molar-refractivity contribution in [3.63, 3.8) is 0 Å². The molecule has 2 heterocycles. The van der Waals surface area contributed by atoms with Crippen molar-refractivity contribution in [1.82, 2.24) is 5.32 Å². The molecule has 1 atom stereocenters. The van der Waals surface area contributed by atoms with Crippen LogP contribution in [0.15, 0.2) is 47.8 Å². The number of anilines is 1. The third-order valence-corrected chi connectivity index (χ3v) is 5.11. The number of urea groups is 1. The molecule has 0 unspecified atom stereocenters. The molecule has 128 valence electrons. The molecule has 0 saturated carbocycles. The Balaban J connectivity index is 1.37. The maximum Gasteiger partial charge on any atom is 0.319 e. The van der Waals surface area contributed by atoms with Crippen molar-refractivity contribution in [3.8, 4) is 11.5 Å². The van der Waals surface area contributed by atoms with Crippen LogP contribution in [0.5, 0.6) is 11.5 Å². The molecule has 0 saturated heterocycles. The molecule has 1 aliphatic heterocycles. The van der Waals surface area contributed by atoms with E-state index in [2.05, 4.69) is 28.1 Å².